The van der Waals surface area contributed by atoms with E-state index >= 15 is 0 Å². The van der Waals surface area contributed by atoms with Crippen molar-refractivity contribution in [3.8, 4) is 0 Å². The third kappa shape index (κ3) is 5.73. The molecule has 1 amide bonds. The Hall–Kier alpha value is -1.59. The first-order chi connectivity index (χ1) is 9.83. The van der Waals surface area contributed by atoms with Gasteiger partial charge in [-0.05, 0) is 45.0 Å². The Morgan fingerprint density at radius 3 is 2.52 bits per heavy atom. The second-order valence-electron chi connectivity index (χ2n) is 4.96. The molecule has 1 rings (SSSR count). The maximum absolute atomic E-state index is 12.0. The number of anilines is 1. The number of rotatable bonds is 6. The lowest BCUT2D eigenvalue weighted by molar-refractivity contribution is -0.144. The van der Waals surface area contributed by atoms with Crippen molar-refractivity contribution in [3.05, 3.63) is 28.3 Å². The normalized spacial score (nSPS) is 10.6. The molecule has 0 aliphatic heterocycles. The summed E-state index contributed by atoms with van der Waals surface area (Å²) in [6, 6.07) is 3.75. The van der Waals surface area contributed by atoms with Gasteiger partial charge in [0.15, 0.2) is 0 Å². The Kier molecular flexibility index (Phi) is 6.65. The third-order valence-electron chi connectivity index (χ3n) is 2.81. The van der Waals surface area contributed by atoms with Gasteiger partial charge in [-0.25, -0.2) is 0 Å². The van der Waals surface area contributed by atoms with Gasteiger partial charge < -0.3 is 10.1 Å². The largest absolute Gasteiger partial charge is 0.465 e. The number of ether oxygens (including phenoxy) is 1. The van der Waals surface area contributed by atoms with Crippen molar-refractivity contribution in [1.29, 1.82) is 0 Å². The van der Waals surface area contributed by atoms with E-state index in [2.05, 4.69) is 5.32 Å². The maximum Gasteiger partial charge on any atom is 0.320 e. The molecule has 116 valence electrons. The lowest BCUT2D eigenvalue weighted by Crippen LogP contribution is -2.34. The molecule has 0 saturated carbocycles. The topological polar surface area (TPSA) is 58.6 Å². The van der Waals surface area contributed by atoms with Gasteiger partial charge in [-0.1, -0.05) is 17.7 Å². The van der Waals surface area contributed by atoms with E-state index in [1.807, 2.05) is 19.9 Å². The fourth-order valence-corrected chi connectivity index (χ4v) is 2.35. The van der Waals surface area contributed by atoms with Crippen LogP contribution in [-0.4, -0.2) is 43.5 Å². The van der Waals surface area contributed by atoms with Crippen LogP contribution in [0.2, 0.25) is 5.02 Å². The van der Waals surface area contributed by atoms with E-state index < -0.39 is 0 Å². The average molecular weight is 313 g/mol. The van der Waals surface area contributed by atoms with Crippen LogP contribution in [0.4, 0.5) is 5.69 Å². The Morgan fingerprint density at radius 1 is 1.29 bits per heavy atom. The quantitative estimate of drug-likeness (QED) is 0.819. The van der Waals surface area contributed by atoms with E-state index in [1.54, 1.807) is 24.9 Å². The summed E-state index contributed by atoms with van der Waals surface area (Å²) in [6.45, 7) is 6.06. The molecule has 0 radical (unpaired) electrons. The molecule has 0 heterocycles. The van der Waals surface area contributed by atoms with E-state index in [0.717, 1.165) is 11.1 Å². The number of halogens is 1. The molecule has 0 unspecified atom stereocenters. The van der Waals surface area contributed by atoms with Crippen LogP contribution in [0.1, 0.15) is 18.1 Å². The minimum atomic E-state index is -0.350. The first-order valence-electron chi connectivity index (χ1n) is 6.74. The first-order valence-corrected chi connectivity index (χ1v) is 7.12. The van der Waals surface area contributed by atoms with Crippen molar-refractivity contribution in [2.75, 3.05) is 32.1 Å². The summed E-state index contributed by atoms with van der Waals surface area (Å²) >= 11 is 6.14. The minimum Gasteiger partial charge on any atom is -0.465 e. The van der Waals surface area contributed by atoms with Gasteiger partial charge in [0.2, 0.25) is 5.91 Å². The van der Waals surface area contributed by atoms with Crippen molar-refractivity contribution < 1.29 is 14.3 Å². The smallest absolute Gasteiger partial charge is 0.320 e. The number of amides is 1. The number of carbonyl (C=O) groups is 2. The molecule has 21 heavy (non-hydrogen) atoms. The number of hydrogen-bond donors (Lipinski definition) is 1. The van der Waals surface area contributed by atoms with Gasteiger partial charge in [-0.3, -0.25) is 14.5 Å². The van der Waals surface area contributed by atoms with Gasteiger partial charge in [-0.2, -0.15) is 0 Å². The molecule has 1 N–H and O–H groups in total. The van der Waals surface area contributed by atoms with Crippen LogP contribution in [0.5, 0.6) is 0 Å². The maximum atomic E-state index is 12.0. The van der Waals surface area contributed by atoms with E-state index in [4.69, 9.17) is 16.3 Å². The van der Waals surface area contributed by atoms with Gasteiger partial charge >= 0.3 is 5.97 Å². The standard InChI is InChI=1S/C15H21ClN2O3/c1-5-21-14(20)9-18(4)8-13(19)17-15-11(3)6-10(2)7-12(15)16/h6-7H,5,8-9H2,1-4H3,(H,17,19). The highest BCUT2D eigenvalue weighted by molar-refractivity contribution is 6.34. The number of likely N-dealkylation sites (N-methyl/N-ethyl adjacent to an activating group) is 1. The molecular weight excluding hydrogens is 292 g/mol. The second kappa shape index (κ2) is 8.00. The fraction of sp³-hybridized carbons (Fsp3) is 0.467. The van der Waals surface area contributed by atoms with Crippen LogP contribution in [0.3, 0.4) is 0 Å². The zero-order valence-electron chi connectivity index (χ0n) is 12.8. The highest BCUT2D eigenvalue weighted by Crippen LogP contribution is 2.27. The van der Waals surface area contributed by atoms with E-state index in [1.165, 1.54) is 0 Å². The van der Waals surface area contributed by atoms with Crippen LogP contribution in [0.15, 0.2) is 12.1 Å². The zero-order valence-corrected chi connectivity index (χ0v) is 13.6. The number of aryl methyl sites for hydroxylation is 2. The highest BCUT2D eigenvalue weighted by Gasteiger charge is 2.13. The van der Waals surface area contributed by atoms with Crippen LogP contribution in [0, 0.1) is 13.8 Å². The lowest BCUT2D eigenvalue weighted by atomic mass is 10.1. The van der Waals surface area contributed by atoms with Crippen LogP contribution >= 0.6 is 11.6 Å². The summed E-state index contributed by atoms with van der Waals surface area (Å²) in [5.74, 6) is -0.576. The van der Waals surface area contributed by atoms with Crippen molar-refractivity contribution >= 4 is 29.2 Å². The molecule has 0 bridgehead atoms. The molecule has 0 aliphatic carbocycles. The Balaban J connectivity index is 2.60. The van der Waals surface area contributed by atoms with Crippen molar-refractivity contribution in [1.82, 2.24) is 4.90 Å². The summed E-state index contributed by atoms with van der Waals surface area (Å²) in [4.78, 5) is 24.9. The summed E-state index contributed by atoms with van der Waals surface area (Å²) in [7, 11) is 1.68. The number of nitrogens with one attached hydrogen (secondary N) is 1. The molecule has 5 nitrogen and oxygen atoms in total. The highest BCUT2D eigenvalue weighted by atomic mass is 35.5. The third-order valence-corrected chi connectivity index (χ3v) is 3.11. The number of nitrogens with zero attached hydrogens (tertiary/aromatic N) is 1. The number of hydrogen-bond acceptors (Lipinski definition) is 4. The molecule has 0 spiro atoms. The molecular formula is C15H21ClN2O3. The molecule has 0 atom stereocenters. The average Bonchev–Trinajstić information content (AvgIpc) is 2.33. The van der Waals surface area contributed by atoms with Gasteiger partial charge in [0.05, 0.1) is 30.4 Å². The Labute approximate surface area is 130 Å². The second-order valence-corrected chi connectivity index (χ2v) is 5.37. The number of benzene rings is 1. The number of esters is 1. The SMILES string of the molecule is CCOC(=O)CN(C)CC(=O)Nc1c(C)cc(C)cc1Cl. The molecule has 0 aromatic heterocycles. The van der Waals surface area contributed by atoms with Crippen LogP contribution in [0.25, 0.3) is 0 Å². The van der Waals surface area contributed by atoms with Gasteiger partial charge in [-0.15, -0.1) is 0 Å². The molecule has 0 fully saturated rings. The van der Waals surface area contributed by atoms with Crippen molar-refractivity contribution in [2.45, 2.75) is 20.8 Å². The predicted molar refractivity (Wildman–Crippen MR) is 83.7 cm³/mol. The summed E-state index contributed by atoms with van der Waals surface area (Å²) in [6.07, 6.45) is 0. The van der Waals surface area contributed by atoms with Gasteiger partial charge in [0.25, 0.3) is 0 Å². The summed E-state index contributed by atoms with van der Waals surface area (Å²) < 4.78 is 4.83. The first kappa shape index (κ1) is 17.5. The van der Waals surface area contributed by atoms with Gasteiger partial charge in [0.1, 0.15) is 0 Å². The monoisotopic (exact) mass is 312 g/mol. The molecule has 1 aromatic carbocycles. The number of carbonyl (C=O) groups excluding carboxylic acids is 2. The Bertz CT molecular complexity index is 509. The van der Waals surface area contributed by atoms with E-state index in [0.29, 0.717) is 17.3 Å². The predicted octanol–water partition coefficient (Wildman–Crippen LogP) is 2.39. The van der Waals surface area contributed by atoms with Gasteiger partial charge in [0, 0.05) is 0 Å². The zero-order chi connectivity index (χ0) is 16.0. The van der Waals surface area contributed by atoms with Crippen molar-refractivity contribution in [2.24, 2.45) is 0 Å². The molecule has 6 heteroatoms. The van der Waals surface area contributed by atoms with Crippen LogP contribution in [-0.2, 0) is 14.3 Å². The Morgan fingerprint density at radius 2 is 1.95 bits per heavy atom. The van der Waals surface area contributed by atoms with Crippen LogP contribution < -0.4 is 5.32 Å². The van der Waals surface area contributed by atoms with E-state index in [9.17, 15) is 9.59 Å². The minimum absolute atomic E-state index is 0.0713. The van der Waals surface area contributed by atoms with Crippen molar-refractivity contribution in [3.63, 3.8) is 0 Å². The lowest BCUT2D eigenvalue weighted by Gasteiger charge is -2.16. The molecule has 0 aliphatic rings. The molecule has 0 saturated heterocycles. The molecule has 1 aromatic rings. The van der Waals surface area contributed by atoms with E-state index in [-0.39, 0.29) is 25.0 Å². The summed E-state index contributed by atoms with van der Waals surface area (Å²) in [5.41, 5.74) is 2.55. The summed E-state index contributed by atoms with van der Waals surface area (Å²) in [5, 5.41) is 3.29. The fourth-order valence-electron chi connectivity index (χ4n) is 1.98.